The van der Waals surface area contributed by atoms with Gasteiger partial charge in [0.2, 0.25) is 17.7 Å². The highest BCUT2D eigenvalue weighted by Gasteiger charge is 2.31. The summed E-state index contributed by atoms with van der Waals surface area (Å²) in [4.78, 5) is 71.2. The molecule has 8 rings (SSSR count). The van der Waals surface area contributed by atoms with Gasteiger partial charge in [0, 0.05) is 119 Å². The highest BCUT2D eigenvalue weighted by molar-refractivity contribution is 6.32. The molecule has 304 valence electrons. The minimum absolute atomic E-state index is 0.0187. The maximum Gasteiger partial charge on any atom is 0.289 e. The molecule has 59 heavy (non-hydrogen) atoms. The fourth-order valence-corrected chi connectivity index (χ4v) is 8.28. The van der Waals surface area contributed by atoms with Crippen molar-refractivity contribution in [1.82, 2.24) is 29.8 Å². The van der Waals surface area contributed by atoms with Gasteiger partial charge in [-0.05, 0) is 72.0 Å². The number of rotatable bonds is 9. The lowest BCUT2D eigenvalue weighted by Crippen LogP contribution is -2.48. The SMILES string of the molecule is CN(C)C(=O)c1cc2c(F)c(C3=CCCN(C(=O)CCn4cccn4)C3)cc(-c3ccc(N4CCN(C(=O)c5ccc(Cl)c(C6CCC(=O)NC6=O)c5)CC4)cc3)c2o1. The molecule has 13 nitrogen and oxygen atoms in total. The van der Waals surface area contributed by atoms with Crippen molar-refractivity contribution in [3.8, 4) is 11.1 Å². The zero-order valence-corrected chi connectivity index (χ0v) is 33.5. The third-order valence-electron chi connectivity index (χ3n) is 11.3. The lowest BCUT2D eigenvalue weighted by molar-refractivity contribution is -0.134. The van der Waals surface area contributed by atoms with Gasteiger partial charge in [-0.2, -0.15) is 5.10 Å². The summed E-state index contributed by atoms with van der Waals surface area (Å²) in [6.07, 6.45) is 6.83. The zero-order chi connectivity index (χ0) is 41.4. The van der Waals surface area contributed by atoms with Gasteiger partial charge in [-0.25, -0.2) is 4.39 Å². The van der Waals surface area contributed by atoms with Crippen molar-refractivity contribution in [3.05, 3.63) is 112 Å². The van der Waals surface area contributed by atoms with E-state index < -0.39 is 23.5 Å². The van der Waals surface area contributed by atoms with E-state index in [1.165, 1.54) is 11.0 Å². The number of amides is 5. The number of nitrogens with one attached hydrogen (secondary N) is 1. The predicted molar refractivity (Wildman–Crippen MR) is 220 cm³/mol. The number of piperidine rings is 1. The first-order valence-electron chi connectivity index (χ1n) is 19.6. The number of fused-ring (bicyclic) bond motifs is 1. The summed E-state index contributed by atoms with van der Waals surface area (Å²) in [5.41, 5.74) is 4.54. The molecule has 5 heterocycles. The van der Waals surface area contributed by atoms with E-state index in [0.717, 1.165) is 11.3 Å². The molecule has 3 aliphatic heterocycles. The van der Waals surface area contributed by atoms with Gasteiger partial charge in [0.1, 0.15) is 11.4 Å². The Kier molecular flexibility index (Phi) is 11.1. The van der Waals surface area contributed by atoms with Crippen LogP contribution in [0.1, 0.15) is 63.6 Å². The third kappa shape index (κ3) is 8.09. The minimum Gasteiger partial charge on any atom is -0.450 e. The molecule has 2 fully saturated rings. The molecule has 1 atom stereocenters. The van der Waals surface area contributed by atoms with Crippen LogP contribution in [-0.2, 0) is 20.9 Å². The molecule has 0 saturated carbocycles. The Bertz CT molecular complexity index is 2490. The molecule has 2 saturated heterocycles. The van der Waals surface area contributed by atoms with Crippen LogP contribution in [0, 0.1) is 5.82 Å². The second kappa shape index (κ2) is 16.5. The summed E-state index contributed by atoms with van der Waals surface area (Å²) < 4.78 is 24.3. The van der Waals surface area contributed by atoms with Crippen LogP contribution in [0.4, 0.5) is 10.1 Å². The highest BCUT2D eigenvalue weighted by Crippen LogP contribution is 2.39. The maximum absolute atomic E-state index is 16.5. The van der Waals surface area contributed by atoms with Crippen LogP contribution >= 0.6 is 11.6 Å². The van der Waals surface area contributed by atoms with Crippen molar-refractivity contribution in [2.24, 2.45) is 0 Å². The molecule has 3 aliphatic rings. The Morgan fingerprint density at radius 1 is 0.966 bits per heavy atom. The molecule has 0 radical (unpaired) electrons. The Morgan fingerprint density at radius 3 is 2.46 bits per heavy atom. The molecule has 2 aromatic heterocycles. The number of halogens is 2. The average Bonchev–Trinajstić information content (AvgIpc) is 3.95. The van der Waals surface area contributed by atoms with Gasteiger partial charge >= 0.3 is 0 Å². The van der Waals surface area contributed by atoms with Gasteiger partial charge in [-0.15, -0.1) is 0 Å². The average molecular weight is 820 g/mol. The number of anilines is 1. The van der Waals surface area contributed by atoms with E-state index in [1.54, 1.807) is 59.0 Å². The third-order valence-corrected chi connectivity index (χ3v) is 11.6. The largest absolute Gasteiger partial charge is 0.450 e. The summed E-state index contributed by atoms with van der Waals surface area (Å²) in [5, 5.41) is 7.10. The number of furan rings is 1. The van der Waals surface area contributed by atoms with Crippen LogP contribution in [0.25, 0.3) is 27.7 Å². The smallest absolute Gasteiger partial charge is 0.289 e. The van der Waals surface area contributed by atoms with Crippen molar-refractivity contribution < 1.29 is 32.8 Å². The number of aryl methyl sites for hydroxylation is 1. The number of hydrogen-bond acceptors (Lipinski definition) is 8. The van der Waals surface area contributed by atoms with Crippen molar-refractivity contribution in [2.45, 2.75) is 38.1 Å². The van der Waals surface area contributed by atoms with Crippen molar-refractivity contribution in [2.75, 3.05) is 58.3 Å². The topological polar surface area (TPSA) is 141 Å². The van der Waals surface area contributed by atoms with Crippen molar-refractivity contribution in [3.63, 3.8) is 0 Å². The summed E-state index contributed by atoms with van der Waals surface area (Å²) in [6.45, 7) is 3.30. The number of piperazine rings is 1. The summed E-state index contributed by atoms with van der Waals surface area (Å²) in [5.74, 6) is -2.43. The van der Waals surface area contributed by atoms with Crippen LogP contribution < -0.4 is 10.2 Å². The molecule has 1 unspecified atom stereocenters. The predicted octanol–water partition coefficient (Wildman–Crippen LogP) is 5.98. The number of imide groups is 1. The monoisotopic (exact) mass is 819 g/mol. The van der Waals surface area contributed by atoms with Crippen LogP contribution in [0.15, 0.2) is 83.6 Å². The van der Waals surface area contributed by atoms with E-state index in [1.807, 2.05) is 42.6 Å². The Labute approximate surface area is 345 Å². The number of carbonyl (C=O) groups is 5. The summed E-state index contributed by atoms with van der Waals surface area (Å²) in [7, 11) is 3.21. The van der Waals surface area contributed by atoms with Crippen LogP contribution in [-0.4, -0.2) is 107 Å². The van der Waals surface area contributed by atoms with E-state index >= 15 is 4.39 Å². The van der Waals surface area contributed by atoms with Gasteiger partial charge in [0.05, 0.1) is 11.3 Å². The van der Waals surface area contributed by atoms with E-state index in [2.05, 4.69) is 15.3 Å². The molecule has 0 spiro atoms. The van der Waals surface area contributed by atoms with E-state index in [-0.39, 0.29) is 53.8 Å². The summed E-state index contributed by atoms with van der Waals surface area (Å²) >= 11 is 6.45. The van der Waals surface area contributed by atoms with E-state index in [9.17, 15) is 24.0 Å². The van der Waals surface area contributed by atoms with Gasteiger partial charge in [-0.3, -0.25) is 34.0 Å². The fourth-order valence-electron chi connectivity index (χ4n) is 8.04. The second-order valence-electron chi connectivity index (χ2n) is 15.3. The first-order chi connectivity index (χ1) is 28.4. The van der Waals surface area contributed by atoms with Crippen molar-refractivity contribution in [1.29, 1.82) is 0 Å². The first kappa shape index (κ1) is 39.5. The zero-order valence-electron chi connectivity index (χ0n) is 32.7. The maximum atomic E-state index is 16.5. The van der Waals surface area contributed by atoms with Crippen LogP contribution in [0.5, 0.6) is 0 Å². The van der Waals surface area contributed by atoms with Gasteiger partial charge in [0.15, 0.2) is 5.76 Å². The molecular weight excluding hydrogens is 777 g/mol. The number of carbonyl (C=O) groups excluding carboxylic acids is 5. The lowest BCUT2D eigenvalue weighted by Gasteiger charge is -2.36. The number of nitrogens with zero attached hydrogens (tertiary/aromatic N) is 6. The highest BCUT2D eigenvalue weighted by atomic mass is 35.5. The second-order valence-corrected chi connectivity index (χ2v) is 15.7. The Morgan fingerprint density at radius 2 is 1.75 bits per heavy atom. The van der Waals surface area contributed by atoms with E-state index in [4.69, 9.17) is 16.0 Å². The number of aromatic nitrogens is 2. The van der Waals surface area contributed by atoms with Gasteiger partial charge in [-0.1, -0.05) is 29.8 Å². The quantitative estimate of drug-likeness (QED) is 0.179. The molecule has 1 N–H and O–H groups in total. The number of benzene rings is 3. The molecule has 5 aromatic rings. The minimum atomic E-state index is -0.602. The molecule has 5 amide bonds. The van der Waals surface area contributed by atoms with Crippen LogP contribution in [0.2, 0.25) is 5.02 Å². The Balaban J connectivity index is 1.00. The molecule has 3 aromatic carbocycles. The lowest BCUT2D eigenvalue weighted by atomic mass is 9.89. The summed E-state index contributed by atoms with van der Waals surface area (Å²) in [6, 6.07) is 17.8. The van der Waals surface area contributed by atoms with E-state index in [0.29, 0.717) is 85.0 Å². The standard InChI is InChI=1S/C44H43ClFN7O6/c1-49(2)44(58)37-25-35-40(46)32(29-5-3-16-52(26-29)39(55)14-18-53-17-4-15-47-53)24-33(41(35)59-37)27-6-9-30(10-7-27)50-19-21-51(22-20-50)43(57)28-8-12-36(45)34(23-28)31-11-13-38(54)48-42(31)56/h4-10,12,15,17,23-25,31H,3,11,13-14,16,18-22,26H2,1-2H3,(H,48,54,56). The van der Waals surface area contributed by atoms with Crippen LogP contribution in [0.3, 0.4) is 0 Å². The molecule has 0 bridgehead atoms. The normalized spacial score (nSPS) is 17.3. The van der Waals surface area contributed by atoms with Gasteiger partial charge in [0.25, 0.3) is 11.8 Å². The Hall–Kier alpha value is -6.28. The molecule has 0 aliphatic carbocycles. The molecule has 15 heteroatoms. The fraction of sp³-hybridized carbons (Fsp3) is 0.318. The van der Waals surface area contributed by atoms with Gasteiger partial charge < -0.3 is 24.0 Å². The first-order valence-corrected chi connectivity index (χ1v) is 20.0. The number of hydrogen-bond donors (Lipinski definition) is 1. The van der Waals surface area contributed by atoms with Crippen molar-refractivity contribution >= 4 is 63.4 Å². The molecular formula is C44H43ClFN7O6.